The van der Waals surface area contributed by atoms with Crippen LogP contribution >= 0.6 is 15.9 Å². The molecule has 1 aliphatic carbocycles. The van der Waals surface area contributed by atoms with Crippen LogP contribution in [0.4, 0.5) is 5.69 Å². The molecule has 0 radical (unpaired) electrons. The zero-order valence-corrected chi connectivity index (χ0v) is 12.7. The van der Waals surface area contributed by atoms with Gasteiger partial charge in [-0.1, -0.05) is 32.1 Å². The van der Waals surface area contributed by atoms with E-state index in [0.717, 1.165) is 17.3 Å². The molecule has 3 N–H and O–H groups in total. The summed E-state index contributed by atoms with van der Waals surface area (Å²) in [6, 6.07) is 5.64. The van der Waals surface area contributed by atoms with Gasteiger partial charge < -0.3 is 11.1 Å². The lowest BCUT2D eigenvalue weighted by Gasteiger charge is -2.21. The maximum absolute atomic E-state index is 12.3. The number of carbonyl (C=O) groups excluding carboxylic acids is 1. The van der Waals surface area contributed by atoms with Crippen LogP contribution in [0.1, 0.15) is 55.3 Å². The first-order chi connectivity index (χ1) is 9.16. The predicted octanol–water partition coefficient (Wildman–Crippen LogP) is 3.87. The predicted molar refractivity (Wildman–Crippen MR) is 82.1 cm³/mol. The smallest absolute Gasteiger partial charge is 0.252 e. The monoisotopic (exact) mass is 324 g/mol. The number of carbonyl (C=O) groups is 1. The summed E-state index contributed by atoms with van der Waals surface area (Å²) in [5.74, 6) is -0.0234. The molecule has 0 atom stereocenters. The lowest BCUT2D eigenvalue weighted by atomic mass is 9.96. The molecular formula is C15H21BrN2O. The van der Waals surface area contributed by atoms with E-state index in [2.05, 4.69) is 21.2 Å². The quantitative estimate of drug-likeness (QED) is 0.811. The van der Waals surface area contributed by atoms with Gasteiger partial charge in [-0.3, -0.25) is 4.79 Å². The first kappa shape index (κ1) is 14.4. The number of hydrogen-bond acceptors (Lipinski definition) is 2. The number of nitrogens with two attached hydrogens (primary N) is 1. The number of benzene rings is 1. The molecular weight excluding hydrogens is 304 g/mol. The fourth-order valence-corrected chi connectivity index (χ4v) is 3.01. The second kappa shape index (κ2) is 6.94. The first-order valence-corrected chi connectivity index (χ1v) is 7.82. The van der Waals surface area contributed by atoms with Gasteiger partial charge in [0.25, 0.3) is 5.91 Å². The molecule has 0 bridgehead atoms. The highest BCUT2D eigenvalue weighted by atomic mass is 79.9. The summed E-state index contributed by atoms with van der Waals surface area (Å²) in [5, 5.41) is 3.15. The van der Waals surface area contributed by atoms with Crippen LogP contribution in [0.5, 0.6) is 0 Å². The molecule has 4 heteroatoms. The molecule has 0 aromatic heterocycles. The number of amides is 1. The Morgan fingerprint density at radius 1 is 1.16 bits per heavy atom. The molecule has 1 aromatic rings. The molecule has 1 saturated carbocycles. The van der Waals surface area contributed by atoms with E-state index >= 15 is 0 Å². The van der Waals surface area contributed by atoms with Gasteiger partial charge in [-0.25, -0.2) is 0 Å². The van der Waals surface area contributed by atoms with E-state index < -0.39 is 0 Å². The standard InChI is InChI=1S/C15H21BrN2O/c16-14-9-8-11(17)10-13(14)15(19)18-12-6-4-2-1-3-5-7-12/h8-10,12H,1-7,17H2,(H,18,19). The molecule has 0 saturated heterocycles. The number of halogens is 1. The maximum atomic E-state index is 12.3. The molecule has 1 aliphatic rings. The highest BCUT2D eigenvalue weighted by Gasteiger charge is 2.16. The maximum Gasteiger partial charge on any atom is 0.252 e. The number of nitrogens with one attached hydrogen (secondary N) is 1. The highest BCUT2D eigenvalue weighted by molar-refractivity contribution is 9.10. The largest absolute Gasteiger partial charge is 0.399 e. The molecule has 3 nitrogen and oxygen atoms in total. The minimum atomic E-state index is -0.0234. The zero-order chi connectivity index (χ0) is 13.7. The topological polar surface area (TPSA) is 55.1 Å². The van der Waals surface area contributed by atoms with Gasteiger partial charge in [0.2, 0.25) is 0 Å². The van der Waals surface area contributed by atoms with Crippen LogP contribution in [-0.2, 0) is 0 Å². The Kier molecular flexibility index (Phi) is 5.25. The molecule has 1 fully saturated rings. The Hall–Kier alpha value is -1.03. The molecule has 0 heterocycles. The van der Waals surface area contributed by atoms with E-state index in [1.165, 1.54) is 32.1 Å². The van der Waals surface area contributed by atoms with Crippen molar-refractivity contribution < 1.29 is 4.79 Å². The van der Waals surface area contributed by atoms with Crippen LogP contribution < -0.4 is 11.1 Å². The minimum Gasteiger partial charge on any atom is -0.399 e. The van der Waals surface area contributed by atoms with E-state index in [1.54, 1.807) is 12.1 Å². The Bertz CT molecular complexity index is 440. The van der Waals surface area contributed by atoms with Crippen LogP contribution in [0.3, 0.4) is 0 Å². The van der Waals surface area contributed by atoms with Crippen LogP contribution in [0.2, 0.25) is 0 Å². The minimum absolute atomic E-state index is 0.0234. The van der Waals surface area contributed by atoms with Crippen molar-refractivity contribution in [2.24, 2.45) is 0 Å². The van der Waals surface area contributed by atoms with E-state index in [-0.39, 0.29) is 5.91 Å². The van der Waals surface area contributed by atoms with Crippen molar-refractivity contribution in [2.45, 2.75) is 51.0 Å². The fourth-order valence-electron chi connectivity index (χ4n) is 2.58. The van der Waals surface area contributed by atoms with E-state index in [4.69, 9.17) is 5.73 Å². The third-order valence-corrected chi connectivity index (χ3v) is 4.37. The number of nitrogen functional groups attached to an aromatic ring is 1. The molecule has 0 spiro atoms. The Morgan fingerprint density at radius 3 is 2.47 bits per heavy atom. The molecule has 2 rings (SSSR count). The summed E-state index contributed by atoms with van der Waals surface area (Å²) in [4.78, 5) is 12.3. The third-order valence-electron chi connectivity index (χ3n) is 3.68. The summed E-state index contributed by atoms with van der Waals surface area (Å²) in [6.07, 6.45) is 8.51. The van der Waals surface area contributed by atoms with Crippen molar-refractivity contribution in [2.75, 3.05) is 5.73 Å². The van der Waals surface area contributed by atoms with Crippen LogP contribution in [0.25, 0.3) is 0 Å². The van der Waals surface area contributed by atoms with Gasteiger partial charge in [-0.2, -0.15) is 0 Å². The van der Waals surface area contributed by atoms with Crippen molar-refractivity contribution >= 4 is 27.5 Å². The first-order valence-electron chi connectivity index (χ1n) is 7.02. The number of hydrogen-bond donors (Lipinski definition) is 2. The second-order valence-electron chi connectivity index (χ2n) is 5.25. The normalized spacial score (nSPS) is 17.5. The number of rotatable bonds is 2. The summed E-state index contributed by atoms with van der Waals surface area (Å²) < 4.78 is 0.796. The molecule has 1 amide bonds. The summed E-state index contributed by atoms with van der Waals surface area (Å²) in [7, 11) is 0. The molecule has 104 valence electrons. The van der Waals surface area contributed by atoms with Gasteiger partial charge in [0.05, 0.1) is 5.56 Å². The lowest BCUT2D eigenvalue weighted by molar-refractivity contribution is 0.0929. The second-order valence-corrected chi connectivity index (χ2v) is 6.11. The van der Waals surface area contributed by atoms with Gasteiger partial charge in [0, 0.05) is 16.2 Å². The molecule has 19 heavy (non-hydrogen) atoms. The van der Waals surface area contributed by atoms with Crippen molar-refractivity contribution in [1.29, 1.82) is 0 Å². The zero-order valence-electron chi connectivity index (χ0n) is 11.1. The Balaban J connectivity index is 2.00. The molecule has 1 aromatic carbocycles. The van der Waals surface area contributed by atoms with Crippen molar-refractivity contribution in [3.8, 4) is 0 Å². The van der Waals surface area contributed by atoms with Crippen LogP contribution in [-0.4, -0.2) is 11.9 Å². The van der Waals surface area contributed by atoms with Crippen LogP contribution in [0, 0.1) is 0 Å². The average molecular weight is 325 g/mol. The van der Waals surface area contributed by atoms with Crippen LogP contribution in [0.15, 0.2) is 22.7 Å². The average Bonchev–Trinajstić information content (AvgIpc) is 2.35. The fraction of sp³-hybridized carbons (Fsp3) is 0.533. The SMILES string of the molecule is Nc1ccc(Br)c(C(=O)NC2CCCCCCC2)c1. The summed E-state index contributed by atoms with van der Waals surface area (Å²) in [6.45, 7) is 0. The molecule has 0 aliphatic heterocycles. The van der Waals surface area contributed by atoms with E-state index in [9.17, 15) is 4.79 Å². The lowest BCUT2D eigenvalue weighted by Crippen LogP contribution is -2.35. The van der Waals surface area contributed by atoms with E-state index in [0.29, 0.717) is 17.3 Å². The van der Waals surface area contributed by atoms with Gasteiger partial charge in [0.15, 0.2) is 0 Å². The van der Waals surface area contributed by atoms with E-state index in [1.807, 2.05) is 6.07 Å². The van der Waals surface area contributed by atoms with Gasteiger partial charge in [-0.05, 0) is 47.0 Å². The summed E-state index contributed by atoms with van der Waals surface area (Å²) >= 11 is 3.41. The van der Waals surface area contributed by atoms with Crippen molar-refractivity contribution in [1.82, 2.24) is 5.32 Å². The summed E-state index contributed by atoms with van der Waals surface area (Å²) in [5.41, 5.74) is 6.99. The Labute approximate surface area is 123 Å². The van der Waals surface area contributed by atoms with Gasteiger partial charge in [0.1, 0.15) is 0 Å². The molecule has 0 unspecified atom stereocenters. The van der Waals surface area contributed by atoms with Gasteiger partial charge >= 0.3 is 0 Å². The highest BCUT2D eigenvalue weighted by Crippen LogP contribution is 2.21. The third kappa shape index (κ3) is 4.23. The van der Waals surface area contributed by atoms with Crippen molar-refractivity contribution in [3.05, 3.63) is 28.2 Å². The number of anilines is 1. The Morgan fingerprint density at radius 2 is 1.79 bits per heavy atom. The van der Waals surface area contributed by atoms with Gasteiger partial charge in [-0.15, -0.1) is 0 Å². The van der Waals surface area contributed by atoms with Crippen molar-refractivity contribution in [3.63, 3.8) is 0 Å².